The van der Waals surface area contributed by atoms with Crippen LogP contribution in [-0.4, -0.2) is 28.8 Å². The van der Waals surface area contributed by atoms with Crippen molar-refractivity contribution in [1.82, 2.24) is 14.5 Å². The molecule has 3 aromatic rings. The highest BCUT2D eigenvalue weighted by molar-refractivity contribution is 7.71. The lowest BCUT2D eigenvalue weighted by Gasteiger charge is -2.11. The Morgan fingerprint density at radius 2 is 2.00 bits per heavy atom. The van der Waals surface area contributed by atoms with Crippen LogP contribution < -0.4 is 9.47 Å². The molecule has 0 saturated carbocycles. The van der Waals surface area contributed by atoms with E-state index >= 15 is 0 Å². The van der Waals surface area contributed by atoms with Crippen LogP contribution in [0.25, 0.3) is 16.9 Å². The number of nitrogens with zero attached hydrogens (tertiary/aromatic N) is 2. The van der Waals surface area contributed by atoms with Gasteiger partial charge in [0.1, 0.15) is 11.5 Å². The van der Waals surface area contributed by atoms with Gasteiger partial charge in [-0.2, -0.15) is 0 Å². The van der Waals surface area contributed by atoms with E-state index in [0.29, 0.717) is 10.5 Å². The molecule has 1 aromatic carbocycles. The molecule has 0 unspecified atom stereocenters. The van der Waals surface area contributed by atoms with E-state index in [1.165, 1.54) is 0 Å². The summed E-state index contributed by atoms with van der Waals surface area (Å²) in [5.74, 6) is 1.40. The number of ether oxygens (including phenoxy) is 2. The lowest BCUT2D eigenvalue weighted by atomic mass is 10.2. The van der Waals surface area contributed by atoms with E-state index in [9.17, 15) is 0 Å². The van der Waals surface area contributed by atoms with E-state index in [4.69, 9.17) is 21.7 Å². The number of aromatic amines is 1. The van der Waals surface area contributed by atoms with Crippen molar-refractivity contribution in [2.45, 2.75) is 6.92 Å². The summed E-state index contributed by atoms with van der Waals surface area (Å²) in [5.41, 5.74) is 3.63. The molecule has 0 aliphatic carbocycles. The van der Waals surface area contributed by atoms with E-state index in [-0.39, 0.29) is 0 Å². The number of fused-ring (bicyclic) bond motifs is 1. The molecule has 5 nitrogen and oxygen atoms in total. The van der Waals surface area contributed by atoms with Gasteiger partial charge in [0.25, 0.3) is 0 Å². The van der Waals surface area contributed by atoms with Crippen molar-refractivity contribution < 1.29 is 9.47 Å². The van der Waals surface area contributed by atoms with Gasteiger partial charge in [0, 0.05) is 12.3 Å². The Kier molecular flexibility index (Phi) is 3.39. The molecule has 6 heteroatoms. The zero-order valence-electron chi connectivity index (χ0n) is 12.0. The predicted octanol–water partition coefficient (Wildman–Crippen LogP) is 3.41. The Labute approximate surface area is 127 Å². The Hall–Kier alpha value is -2.34. The Balaban J connectivity index is 2.33. The second kappa shape index (κ2) is 5.21. The molecule has 0 saturated heterocycles. The summed E-state index contributed by atoms with van der Waals surface area (Å²) in [5, 5.41) is 0. The molecule has 21 heavy (non-hydrogen) atoms. The quantitative estimate of drug-likeness (QED) is 0.753. The zero-order chi connectivity index (χ0) is 15.0. The third-order valence-electron chi connectivity index (χ3n) is 3.41. The van der Waals surface area contributed by atoms with Crippen LogP contribution in [0, 0.1) is 11.7 Å². The van der Waals surface area contributed by atoms with Gasteiger partial charge in [-0.05, 0) is 42.9 Å². The van der Waals surface area contributed by atoms with Crippen LogP contribution >= 0.6 is 12.2 Å². The maximum atomic E-state index is 5.46. The van der Waals surface area contributed by atoms with Gasteiger partial charge in [0.2, 0.25) is 0 Å². The number of aromatic nitrogens is 3. The van der Waals surface area contributed by atoms with Crippen LogP contribution in [0.3, 0.4) is 0 Å². The Morgan fingerprint density at radius 3 is 2.71 bits per heavy atom. The molecular formula is C15H15N3O2S. The number of nitrogens with one attached hydrogen (secondary N) is 1. The number of hydrogen-bond donors (Lipinski definition) is 1. The largest absolute Gasteiger partial charge is 0.497 e. The molecule has 108 valence electrons. The average Bonchev–Trinajstić information content (AvgIpc) is 2.84. The fourth-order valence-electron chi connectivity index (χ4n) is 2.32. The summed E-state index contributed by atoms with van der Waals surface area (Å²) in [6, 6.07) is 7.55. The van der Waals surface area contributed by atoms with Crippen LogP contribution in [-0.2, 0) is 0 Å². The summed E-state index contributed by atoms with van der Waals surface area (Å²) in [6.07, 6.45) is 1.77. The molecule has 2 aromatic heterocycles. The summed E-state index contributed by atoms with van der Waals surface area (Å²) in [4.78, 5) is 7.64. The first-order valence-electron chi connectivity index (χ1n) is 6.44. The molecule has 0 bridgehead atoms. The minimum atomic E-state index is 0.579. The van der Waals surface area contributed by atoms with Crippen molar-refractivity contribution >= 4 is 23.4 Å². The van der Waals surface area contributed by atoms with Crippen molar-refractivity contribution in [2.75, 3.05) is 14.2 Å². The highest BCUT2D eigenvalue weighted by Gasteiger charge is 2.14. The molecule has 1 N–H and O–H groups in total. The van der Waals surface area contributed by atoms with Crippen LogP contribution in [0.15, 0.2) is 30.5 Å². The van der Waals surface area contributed by atoms with Gasteiger partial charge in [-0.3, -0.25) is 4.57 Å². The fraction of sp³-hybridized carbons (Fsp3) is 0.200. The standard InChI is InChI=1S/C15H15N3O2S/c1-9-6-7-16-14-13(9)17-15(21)18(14)11-5-4-10(19-2)8-12(11)20-3/h4-8H,1-3H3,(H,17,21). The molecule has 2 heterocycles. The lowest BCUT2D eigenvalue weighted by molar-refractivity contribution is 0.393. The molecule has 0 radical (unpaired) electrons. The Morgan fingerprint density at radius 1 is 1.19 bits per heavy atom. The van der Waals surface area contributed by atoms with Crippen molar-refractivity contribution in [1.29, 1.82) is 0 Å². The highest BCUT2D eigenvalue weighted by atomic mass is 32.1. The maximum Gasteiger partial charge on any atom is 0.184 e. The number of methoxy groups -OCH3 is 2. The zero-order valence-corrected chi connectivity index (χ0v) is 12.8. The van der Waals surface area contributed by atoms with Crippen molar-refractivity contribution in [3.8, 4) is 17.2 Å². The summed E-state index contributed by atoms with van der Waals surface area (Å²) in [6.45, 7) is 2.02. The molecule has 0 spiro atoms. The number of rotatable bonds is 3. The topological polar surface area (TPSA) is 52.1 Å². The first kappa shape index (κ1) is 13.6. The minimum Gasteiger partial charge on any atom is -0.497 e. The Bertz CT molecular complexity index is 867. The van der Waals surface area contributed by atoms with Gasteiger partial charge >= 0.3 is 0 Å². The van der Waals surface area contributed by atoms with E-state index in [2.05, 4.69) is 9.97 Å². The number of aryl methyl sites for hydroxylation is 1. The number of benzene rings is 1. The molecule has 0 aliphatic heterocycles. The molecule has 0 aliphatic rings. The monoisotopic (exact) mass is 301 g/mol. The molecule has 0 atom stereocenters. The van der Waals surface area contributed by atoms with Crippen LogP contribution in [0.4, 0.5) is 0 Å². The summed E-state index contributed by atoms with van der Waals surface area (Å²) >= 11 is 5.44. The second-order valence-corrected chi connectivity index (χ2v) is 5.02. The fourth-order valence-corrected chi connectivity index (χ4v) is 2.61. The smallest absolute Gasteiger partial charge is 0.184 e. The summed E-state index contributed by atoms with van der Waals surface area (Å²) < 4.78 is 13.1. The predicted molar refractivity (Wildman–Crippen MR) is 84.1 cm³/mol. The maximum absolute atomic E-state index is 5.46. The molecular weight excluding hydrogens is 286 g/mol. The SMILES string of the molecule is COc1ccc(-n2c(=S)[nH]c3c(C)ccnc32)c(OC)c1. The van der Waals surface area contributed by atoms with E-state index in [1.54, 1.807) is 20.4 Å². The molecule has 3 rings (SSSR count). The van der Waals surface area contributed by atoms with E-state index in [0.717, 1.165) is 28.2 Å². The van der Waals surface area contributed by atoms with E-state index < -0.39 is 0 Å². The highest BCUT2D eigenvalue weighted by Crippen LogP contribution is 2.30. The minimum absolute atomic E-state index is 0.579. The molecule has 0 fully saturated rings. The van der Waals surface area contributed by atoms with Crippen molar-refractivity contribution in [3.05, 3.63) is 40.8 Å². The van der Waals surface area contributed by atoms with Crippen molar-refractivity contribution in [3.63, 3.8) is 0 Å². The van der Waals surface area contributed by atoms with Gasteiger partial charge in [0.05, 0.1) is 25.4 Å². The van der Waals surface area contributed by atoms with Crippen molar-refractivity contribution in [2.24, 2.45) is 0 Å². The van der Waals surface area contributed by atoms with Gasteiger partial charge in [-0.25, -0.2) is 4.98 Å². The lowest BCUT2D eigenvalue weighted by Crippen LogP contribution is -2.00. The number of imidazole rings is 1. The van der Waals surface area contributed by atoms with Crippen LogP contribution in [0.2, 0.25) is 0 Å². The normalized spacial score (nSPS) is 10.8. The average molecular weight is 301 g/mol. The third kappa shape index (κ3) is 2.17. The number of hydrogen-bond acceptors (Lipinski definition) is 4. The number of pyridine rings is 1. The first-order valence-corrected chi connectivity index (χ1v) is 6.85. The summed E-state index contributed by atoms with van der Waals surface area (Å²) in [7, 11) is 3.24. The van der Waals surface area contributed by atoms with Crippen LogP contribution in [0.5, 0.6) is 11.5 Å². The van der Waals surface area contributed by atoms with E-state index in [1.807, 2.05) is 35.8 Å². The van der Waals surface area contributed by atoms with Gasteiger partial charge in [0.15, 0.2) is 10.4 Å². The van der Waals surface area contributed by atoms with Gasteiger partial charge < -0.3 is 14.5 Å². The third-order valence-corrected chi connectivity index (χ3v) is 3.70. The van der Waals surface area contributed by atoms with Gasteiger partial charge in [-0.1, -0.05) is 0 Å². The first-order chi connectivity index (χ1) is 10.2. The van der Waals surface area contributed by atoms with Crippen LogP contribution in [0.1, 0.15) is 5.56 Å². The van der Waals surface area contributed by atoms with Gasteiger partial charge in [-0.15, -0.1) is 0 Å². The second-order valence-electron chi connectivity index (χ2n) is 4.63. The number of H-pyrrole nitrogens is 1. The molecule has 0 amide bonds.